The van der Waals surface area contributed by atoms with Gasteiger partial charge in [0.1, 0.15) is 10.8 Å². The molecule has 0 aliphatic carbocycles. The first-order valence-corrected chi connectivity index (χ1v) is 10.8. The molecule has 0 unspecified atom stereocenters. The largest absolute Gasteiger partial charge is 0.360 e. The van der Waals surface area contributed by atoms with Crippen molar-refractivity contribution in [2.75, 3.05) is 44.7 Å². The van der Waals surface area contributed by atoms with Gasteiger partial charge in [-0.2, -0.15) is 0 Å². The number of nitrogens with one attached hydrogen (secondary N) is 1. The highest BCUT2D eigenvalue weighted by atomic mass is 32.1. The summed E-state index contributed by atoms with van der Waals surface area (Å²) < 4.78 is 14.3. The molecule has 2 aromatic carbocycles. The van der Waals surface area contributed by atoms with Gasteiger partial charge in [0.2, 0.25) is 0 Å². The molecule has 4 rings (SSSR count). The Labute approximate surface area is 174 Å². The van der Waals surface area contributed by atoms with Crippen LogP contribution in [-0.4, -0.2) is 55.6 Å². The van der Waals surface area contributed by atoms with E-state index in [2.05, 4.69) is 11.0 Å². The van der Waals surface area contributed by atoms with Gasteiger partial charge < -0.3 is 14.7 Å². The van der Waals surface area contributed by atoms with Gasteiger partial charge in [0.15, 0.2) is 6.54 Å². The van der Waals surface area contributed by atoms with Gasteiger partial charge in [-0.3, -0.25) is 4.79 Å². The number of nitrogens with zero attached hydrogens (tertiary/aromatic N) is 3. The Balaban J connectivity index is 1.32. The molecule has 1 amide bonds. The number of carbonyl (C=O) groups is 1. The van der Waals surface area contributed by atoms with Crippen molar-refractivity contribution >= 4 is 33.1 Å². The van der Waals surface area contributed by atoms with Gasteiger partial charge in [0, 0.05) is 12.7 Å². The highest BCUT2D eigenvalue weighted by molar-refractivity contribution is 7.18. The third kappa shape index (κ3) is 4.41. The Kier molecular flexibility index (Phi) is 5.78. The molecule has 0 saturated carbocycles. The van der Waals surface area contributed by atoms with Crippen LogP contribution in [0.4, 0.5) is 10.1 Å². The van der Waals surface area contributed by atoms with Crippen LogP contribution in [-0.2, 0) is 4.79 Å². The second-order valence-electron chi connectivity index (χ2n) is 7.59. The average Bonchev–Trinajstić information content (AvgIpc) is 3.18. The highest BCUT2D eigenvalue weighted by Gasteiger charge is 2.27. The molecule has 1 N–H and O–H groups in total. The molecule has 1 aliphatic rings. The summed E-state index contributed by atoms with van der Waals surface area (Å²) in [7, 11) is 1.87. The molecule has 1 atom stereocenters. The number of thiazole rings is 1. The maximum Gasteiger partial charge on any atom is 0.278 e. The summed E-state index contributed by atoms with van der Waals surface area (Å²) in [5.41, 5.74) is 2.03. The minimum atomic E-state index is -0.214. The van der Waals surface area contributed by atoms with Crippen molar-refractivity contribution in [1.82, 2.24) is 9.88 Å². The SMILES string of the molecule is C[C@H](c1nc2ccccc2s1)N(C)C(=O)C[NH+]1CCN(c2ccc(F)cc2)CC1. The molecule has 1 saturated heterocycles. The molecule has 0 bridgehead atoms. The predicted molar refractivity (Wildman–Crippen MR) is 115 cm³/mol. The number of halogens is 1. The van der Waals surface area contributed by atoms with Crippen molar-refractivity contribution in [2.45, 2.75) is 13.0 Å². The molecule has 5 nitrogen and oxygen atoms in total. The number of carbonyl (C=O) groups excluding carboxylic acids is 1. The maximum absolute atomic E-state index is 13.1. The lowest BCUT2D eigenvalue weighted by atomic mass is 10.2. The van der Waals surface area contributed by atoms with Crippen LogP contribution in [0, 0.1) is 5.82 Å². The summed E-state index contributed by atoms with van der Waals surface area (Å²) in [4.78, 5) is 22.9. The molecule has 0 radical (unpaired) electrons. The molecule has 0 spiro atoms. The quantitative estimate of drug-likeness (QED) is 0.698. The van der Waals surface area contributed by atoms with E-state index in [1.165, 1.54) is 17.0 Å². The molecule has 152 valence electrons. The molecule has 3 aromatic rings. The number of amides is 1. The first-order chi connectivity index (χ1) is 14.0. The number of likely N-dealkylation sites (N-methyl/N-ethyl adjacent to an activating group) is 1. The number of benzene rings is 2. The normalized spacial score (nSPS) is 16.2. The third-order valence-electron chi connectivity index (χ3n) is 5.71. The number of hydrogen-bond donors (Lipinski definition) is 1. The fourth-order valence-corrected chi connectivity index (χ4v) is 4.76. The van der Waals surface area contributed by atoms with E-state index in [0.29, 0.717) is 6.54 Å². The molecule has 1 fully saturated rings. The molecule has 1 aromatic heterocycles. The van der Waals surface area contributed by atoms with E-state index >= 15 is 0 Å². The smallest absolute Gasteiger partial charge is 0.278 e. The molecule has 7 heteroatoms. The van der Waals surface area contributed by atoms with E-state index in [-0.39, 0.29) is 17.8 Å². The lowest BCUT2D eigenvalue weighted by Gasteiger charge is -2.34. The summed E-state index contributed by atoms with van der Waals surface area (Å²) in [6.45, 7) is 6.05. The van der Waals surface area contributed by atoms with Gasteiger partial charge in [0.25, 0.3) is 5.91 Å². The number of rotatable bonds is 5. The predicted octanol–water partition coefficient (Wildman–Crippen LogP) is 2.36. The molecule has 2 heterocycles. The number of hydrogen-bond acceptors (Lipinski definition) is 4. The zero-order chi connectivity index (χ0) is 20.4. The molecule has 29 heavy (non-hydrogen) atoms. The van der Waals surface area contributed by atoms with Crippen LogP contribution in [0.15, 0.2) is 48.5 Å². The minimum Gasteiger partial charge on any atom is -0.360 e. The summed E-state index contributed by atoms with van der Waals surface area (Å²) in [6.07, 6.45) is 0. The lowest BCUT2D eigenvalue weighted by molar-refractivity contribution is -0.892. The van der Waals surface area contributed by atoms with Crippen molar-refractivity contribution in [3.05, 3.63) is 59.4 Å². The van der Waals surface area contributed by atoms with Crippen molar-refractivity contribution in [2.24, 2.45) is 0 Å². The maximum atomic E-state index is 13.1. The van der Waals surface area contributed by atoms with E-state index in [4.69, 9.17) is 4.98 Å². The minimum absolute atomic E-state index is 0.0418. The summed E-state index contributed by atoms with van der Waals surface area (Å²) >= 11 is 1.65. The number of fused-ring (bicyclic) bond motifs is 1. The fraction of sp³-hybridized carbons (Fsp3) is 0.364. The number of quaternary nitrogens is 1. The summed E-state index contributed by atoms with van der Waals surface area (Å²) in [5, 5.41) is 0.971. The number of piperazine rings is 1. The van der Waals surface area contributed by atoms with Crippen LogP contribution in [0.1, 0.15) is 18.0 Å². The van der Waals surface area contributed by atoms with E-state index < -0.39 is 0 Å². The second kappa shape index (κ2) is 8.47. The first-order valence-electron chi connectivity index (χ1n) is 9.96. The van der Waals surface area contributed by atoms with Crippen molar-refractivity contribution in [3.63, 3.8) is 0 Å². The van der Waals surface area contributed by atoms with Crippen LogP contribution in [0.5, 0.6) is 0 Å². The third-order valence-corrected chi connectivity index (χ3v) is 6.91. The lowest BCUT2D eigenvalue weighted by Crippen LogP contribution is -3.15. The van der Waals surface area contributed by atoms with E-state index in [0.717, 1.165) is 47.1 Å². The van der Waals surface area contributed by atoms with Gasteiger partial charge in [-0.1, -0.05) is 12.1 Å². The van der Waals surface area contributed by atoms with E-state index in [9.17, 15) is 9.18 Å². The second-order valence-corrected chi connectivity index (χ2v) is 8.65. The molecular formula is C22H26FN4OS+. The van der Waals surface area contributed by atoms with Gasteiger partial charge in [-0.05, 0) is 43.3 Å². The van der Waals surface area contributed by atoms with Crippen LogP contribution in [0.3, 0.4) is 0 Å². The number of anilines is 1. The van der Waals surface area contributed by atoms with Gasteiger partial charge in [-0.25, -0.2) is 9.37 Å². The Hall–Kier alpha value is -2.51. The van der Waals surface area contributed by atoms with E-state index in [1.54, 1.807) is 11.3 Å². The summed E-state index contributed by atoms with van der Waals surface area (Å²) in [5.74, 6) is -0.0733. The summed E-state index contributed by atoms with van der Waals surface area (Å²) in [6, 6.07) is 14.7. The Morgan fingerprint density at radius 2 is 1.90 bits per heavy atom. The Bertz CT molecular complexity index is 949. The molecule has 1 aliphatic heterocycles. The fourth-order valence-electron chi connectivity index (χ4n) is 3.70. The van der Waals surface area contributed by atoms with Crippen LogP contribution >= 0.6 is 11.3 Å². The van der Waals surface area contributed by atoms with Crippen molar-refractivity contribution in [1.29, 1.82) is 0 Å². The number of para-hydroxylation sites is 1. The zero-order valence-corrected chi connectivity index (χ0v) is 17.6. The molecular weight excluding hydrogens is 387 g/mol. The Morgan fingerprint density at radius 3 is 2.59 bits per heavy atom. The van der Waals surface area contributed by atoms with Gasteiger partial charge in [-0.15, -0.1) is 11.3 Å². The van der Waals surface area contributed by atoms with Gasteiger partial charge >= 0.3 is 0 Å². The van der Waals surface area contributed by atoms with Crippen molar-refractivity contribution in [3.8, 4) is 0 Å². The van der Waals surface area contributed by atoms with Crippen LogP contribution in [0.25, 0.3) is 10.2 Å². The van der Waals surface area contributed by atoms with Crippen molar-refractivity contribution < 1.29 is 14.1 Å². The zero-order valence-electron chi connectivity index (χ0n) is 16.8. The van der Waals surface area contributed by atoms with Crippen LogP contribution in [0.2, 0.25) is 0 Å². The van der Waals surface area contributed by atoms with Crippen LogP contribution < -0.4 is 9.80 Å². The Morgan fingerprint density at radius 1 is 1.21 bits per heavy atom. The first kappa shape index (κ1) is 19.8. The average molecular weight is 414 g/mol. The topological polar surface area (TPSA) is 40.9 Å². The number of aromatic nitrogens is 1. The standard InChI is InChI=1S/C22H25FN4OS/c1-16(22-24-19-5-3-4-6-20(19)29-22)25(2)21(28)15-26-11-13-27(14-12-26)18-9-7-17(23)8-10-18/h3-10,16H,11-15H2,1-2H3/p+1/t16-/m1/s1. The van der Waals surface area contributed by atoms with Gasteiger partial charge in [0.05, 0.1) is 42.4 Å². The van der Waals surface area contributed by atoms with E-state index in [1.807, 2.05) is 49.2 Å². The highest BCUT2D eigenvalue weighted by Crippen LogP contribution is 2.28. The monoisotopic (exact) mass is 413 g/mol.